The normalized spacial score (nSPS) is 15.1. The fourth-order valence-corrected chi connectivity index (χ4v) is 3.52. The van der Waals surface area contributed by atoms with Crippen LogP contribution in [-0.2, 0) is 6.42 Å². The Morgan fingerprint density at radius 3 is 2.52 bits per heavy atom. The van der Waals surface area contributed by atoms with Gasteiger partial charge in [-0.2, -0.15) is 0 Å². The van der Waals surface area contributed by atoms with Crippen molar-refractivity contribution >= 4 is 11.7 Å². The lowest BCUT2D eigenvalue weighted by atomic mass is 9.90. The lowest BCUT2D eigenvalue weighted by Gasteiger charge is -2.33. The van der Waals surface area contributed by atoms with Gasteiger partial charge < -0.3 is 15.1 Å². The summed E-state index contributed by atoms with van der Waals surface area (Å²) >= 11 is 0. The summed E-state index contributed by atoms with van der Waals surface area (Å²) in [6.07, 6.45) is 5.22. The van der Waals surface area contributed by atoms with Crippen LogP contribution in [0.15, 0.2) is 48.7 Å². The van der Waals surface area contributed by atoms with Crippen LogP contribution in [0, 0.1) is 5.92 Å². The summed E-state index contributed by atoms with van der Waals surface area (Å²) in [5.74, 6) is 1.65. The molecule has 0 aliphatic carbocycles. The lowest BCUT2D eigenvalue weighted by Crippen LogP contribution is -2.35. The van der Waals surface area contributed by atoms with Crippen molar-refractivity contribution in [3.05, 3.63) is 59.8 Å². The molecule has 0 bridgehead atoms. The van der Waals surface area contributed by atoms with Gasteiger partial charge in [-0.05, 0) is 57.0 Å². The van der Waals surface area contributed by atoms with Crippen molar-refractivity contribution in [1.82, 2.24) is 15.2 Å². The molecule has 0 radical (unpaired) electrons. The molecule has 3 rings (SSSR count). The molecule has 5 heteroatoms. The van der Waals surface area contributed by atoms with Gasteiger partial charge in [0.25, 0.3) is 5.91 Å². The molecule has 2 heterocycles. The molecular weight excluding hydrogens is 336 g/mol. The number of piperidine rings is 1. The molecule has 1 fully saturated rings. The van der Waals surface area contributed by atoms with Crippen LogP contribution in [0.4, 0.5) is 5.82 Å². The van der Waals surface area contributed by atoms with Crippen molar-refractivity contribution in [1.29, 1.82) is 0 Å². The fraction of sp³-hybridized carbons (Fsp3) is 0.455. The topological polar surface area (TPSA) is 48.5 Å². The molecule has 2 aromatic rings. The van der Waals surface area contributed by atoms with E-state index in [-0.39, 0.29) is 5.91 Å². The van der Waals surface area contributed by atoms with Crippen molar-refractivity contribution in [3.63, 3.8) is 0 Å². The van der Waals surface area contributed by atoms with E-state index in [4.69, 9.17) is 0 Å². The summed E-state index contributed by atoms with van der Waals surface area (Å²) in [7, 11) is 3.98. The minimum absolute atomic E-state index is 0.0579. The van der Waals surface area contributed by atoms with E-state index in [9.17, 15) is 4.79 Å². The predicted molar refractivity (Wildman–Crippen MR) is 110 cm³/mol. The highest BCUT2D eigenvalue weighted by molar-refractivity contribution is 5.94. The van der Waals surface area contributed by atoms with Crippen LogP contribution in [0.2, 0.25) is 0 Å². The highest BCUT2D eigenvalue weighted by Gasteiger charge is 2.20. The van der Waals surface area contributed by atoms with Gasteiger partial charge in [0.2, 0.25) is 0 Å². The molecular formula is C22H30N4O. The molecule has 1 aromatic carbocycles. The van der Waals surface area contributed by atoms with Crippen LogP contribution in [0.5, 0.6) is 0 Å². The van der Waals surface area contributed by atoms with E-state index < -0.39 is 0 Å². The number of carbonyl (C=O) groups excluding carboxylic acids is 1. The van der Waals surface area contributed by atoms with Gasteiger partial charge in [0.15, 0.2) is 0 Å². The van der Waals surface area contributed by atoms with E-state index in [1.54, 1.807) is 6.20 Å². The Hall–Kier alpha value is -2.40. The minimum atomic E-state index is -0.0579. The Balaban J connectivity index is 1.47. The molecule has 0 unspecified atom stereocenters. The third kappa shape index (κ3) is 5.79. The second-order valence-corrected chi connectivity index (χ2v) is 7.58. The first-order valence-electron chi connectivity index (χ1n) is 9.79. The number of hydrogen-bond acceptors (Lipinski definition) is 4. The molecule has 144 valence electrons. The molecule has 1 aromatic heterocycles. The molecule has 0 spiro atoms. The predicted octanol–water partition coefficient (Wildman–Crippen LogP) is 2.83. The first kappa shape index (κ1) is 19.4. The monoisotopic (exact) mass is 366 g/mol. The molecule has 1 aliphatic heterocycles. The number of rotatable bonds is 7. The van der Waals surface area contributed by atoms with Crippen LogP contribution in [0.25, 0.3) is 0 Å². The van der Waals surface area contributed by atoms with Crippen molar-refractivity contribution in [2.75, 3.05) is 45.2 Å². The van der Waals surface area contributed by atoms with Crippen LogP contribution in [-0.4, -0.2) is 56.1 Å². The molecule has 1 amide bonds. The maximum atomic E-state index is 12.1. The minimum Gasteiger partial charge on any atom is -0.357 e. The third-order valence-electron chi connectivity index (χ3n) is 5.16. The van der Waals surface area contributed by atoms with Crippen LogP contribution in [0.1, 0.15) is 28.8 Å². The van der Waals surface area contributed by atoms with E-state index in [1.165, 1.54) is 18.4 Å². The Morgan fingerprint density at radius 2 is 1.89 bits per heavy atom. The number of nitrogens with zero attached hydrogens (tertiary/aromatic N) is 3. The zero-order valence-corrected chi connectivity index (χ0v) is 16.4. The Morgan fingerprint density at radius 1 is 1.15 bits per heavy atom. The number of nitrogens with one attached hydrogen (secondary N) is 1. The van der Waals surface area contributed by atoms with Crippen LogP contribution in [0.3, 0.4) is 0 Å². The van der Waals surface area contributed by atoms with Crippen molar-refractivity contribution < 1.29 is 4.79 Å². The first-order chi connectivity index (χ1) is 13.1. The quantitative estimate of drug-likeness (QED) is 0.819. The van der Waals surface area contributed by atoms with Gasteiger partial charge in [0.1, 0.15) is 5.82 Å². The smallest absolute Gasteiger partial charge is 0.252 e. The van der Waals surface area contributed by atoms with E-state index in [1.807, 2.05) is 31.1 Å². The second kappa shape index (κ2) is 9.51. The number of anilines is 1. The first-order valence-corrected chi connectivity index (χ1v) is 9.79. The summed E-state index contributed by atoms with van der Waals surface area (Å²) in [6, 6.07) is 14.6. The molecule has 27 heavy (non-hydrogen) atoms. The van der Waals surface area contributed by atoms with Crippen molar-refractivity contribution in [3.8, 4) is 0 Å². The molecule has 5 nitrogen and oxygen atoms in total. The SMILES string of the molecule is CN(C)CCNC(=O)c1ccc(N2CCC(Cc3ccccc3)CC2)nc1. The van der Waals surface area contributed by atoms with Gasteiger partial charge in [0.05, 0.1) is 5.56 Å². The van der Waals surface area contributed by atoms with E-state index >= 15 is 0 Å². The Bertz CT molecular complexity index is 707. The van der Waals surface area contributed by atoms with Gasteiger partial charge >= 0.3 is 0 Å². The standard InChI is InChI=1S/C22H30N4O/c1-25(2)15-12-23-22(27)20-8-9-21(24-17-20)26-13-10-19(11-14-26)16-18-6-4-3-5-7-18/h3-9,17,19H,10-16H2,1-2H3,(H,23,27). The van der Waals surface area contributed by atoms with Gasteiger partial charge in [0, 0.05) is 32.4 Å². The summed E-state index contributed by atoms with van der Waals surface area (Å²) in [5, 5.41) is 2.92. The van der Waals surface area contributed by atoms with Gasteiger partial charge in [-0.25, -0.2) is 4.98 Å². The number of amides is 1. The molecule has 0 saturated carbocycles. The fourth-order valence-electron chi connectivity index (χ4n) is 3.52. The summed E-state index contributed by atoms with van der Waals surface area (Å²) < 4.78 is 0. The number of pyridine rings is 1. The zero-order valence-electron chi connectivity index (χ0n) is 16.4. The lowest BCUT2D eigenvalue weighted by molar-refractivity contribution is 0.0950. The maximum Gasteiger partial charge on any atom is 0.252 e. The van der Waals surface area contributed by atoms with Gasteiger partial charge in [-0.15, -0.1) is 0 Å². The molecule has 0 atom stereocenters. The van der Waals surface area contributed by atoms with Crippen LogP contribution < -0.4 is 10.2 Å². The number of benzene rings is 1. The third-order valence-corrected chi connectivity index (χ3v) is 5.16. The molecule has 1 N–H and O–H groups in total. The number of hydrogen-bond donors (Lipinski definition) is 1. The van der Waals surface area contributed by atoms with E-state index in [0.717, 1.165) is 37.8 Å². The van der Waals surface area contributed by atoms with E-state index in [2.05, 4.69) is 45.5 Å². The average Bonchev–Trinajstić information content (AvgIpc) is 2.69. The molecule has 1 saturated heterocycles. The summed E-state index contributed by atoms with van der Waals surface area (Å²) in [5.41, 5.74) is 2.05. The summed E-state index contributed by atoms with van der Waals surface area (Å²) in [6.45, 7) is 3.52. The largest absolute Gasteiger partial charge is 0.357 e. The van der Waals surface area contributed by atoms with Gasteiger partial charge in [-0.3, -0.25) is 4.79 Å². The second-order valence-electron chi connectivity index (χ2n) is 7.58. The number of likely N-dealkylation sites (N-methyl/N-ethyl adjacent to an activating group) is 1. The highest BCUT2D eigenvalue weighted by Crippen LogP contribution is 2.24. The van der Waals surface area contributed by atoms with Crippen molar-refractivity contribution in [2.45, 2.75) is 19.3 Å². The van der Waals surface area contributed by atoms with Crippen LogP contribution >= 0.6 is 0 Å². The zero-order chi connectivity index (χ0) is 19.1. The van der Waals surface area contributed by atoms with E-state index in [0.29, 0.717) is 12.1 Å². The Labute approximate surface area is 162 Å². The summed E-state index contributed by atoms with van der Waals surface area (Å²) in [4.78, 5) is 21.1. The number of carbonyl (C=O) groups is 1. The Kier molecular flexibility index (Phi) is 6.82. The van der Waals surface area contributed by atoms with Crippen molar-refractivity contribution in [2.24, 2.45) is 5.92 Å². The maximum absolute atomic E-state index is 12.1. The van der Waals surface area contributed by atoms with Gasteiger partial charge in [-0.1, -0.05) is 30.3 Å². The average molecular weight is 367 g/mol. The highest BCUT2D eigenvalue weighted by atomic mass is 16.1. The molecule has 1 aliphatic rings. The number of aromatic nitrogens is 1.